The molecule has 0 aliphatic heterocycles. The van der Waals surface area contributed by atoms with Gasteiger partial charge in [-0.3, -0.25) is 0 Å². The second kappa shape index (κ2) is 7.00. The first kappa shape index (κ1) is 12.7. The first-order valence-electron chi connectivity index (χ1n) is 6.23. The minimum Gasteiger partial charge on any atom is -0.246 e. The third kappa shape index (κ3) is 4.33. The minimum absolute atomic E-state index is 1.08. The van der Waals surface area contributed by atoms with Crippen LogP contribution in [0.5, 0.6) is 0 Å². The summed E-state index contributed by atoms with van der Waals surface area (Å²) in [5.74, 6) is 0. The average Bonchev–Trinajstić information content (AvgIpc) is 2.59. The average molecular weight is 225 g/mol. The fraction of sp³-hybridized carbons (Fsp3) is 0.769. The Morgan fingerprint density at radius 2 is 1.80 bits per heavy atom. The topological polar surface area (TPSA) is 12.9 Å². The van der Waals surface area contributed by atoms with Crippen LogP contribution in [0.3, 0.4) is 0 Å². The number of hydrogen-bond acceptors (Lipinski definition) is 2. The number of thiazole rings is 1. The number of hydrogen-bond donors (Lipinski definition) is 0. The van der Waals surface area contributed by atoms with Gasteiger partial charge in [0.25, 0.3) is 0 Å². The lowest BCUT2D eigenvalue weighted by Gasteiger charge is -1.97. The minimum atomic E-state index is 1.08. The Morgan fingerprint density at radius 1 is 1.07 bits per heavy atom. The van der Waals surface area contributed by atoms with E-state index in [0.717, 1.165) is 6.42 Å². The summed E-state index contributed by atoms with van der Waals surface area (Å²) in [6, 6.07) is 0. The lowest BCUT2D eigenvalue weighted by atomic mass is 10.1. The van der Waals surface area contributed by atoms with E-state index in [1.807, 2.05) is 11.3 Å². The Hall–Kier alpha value is -0.370. The van der Waals surface area contributed by atoms with Gasteiger partial charge in [-0.25, -0.2) is 4.98 Å². The Balaban J connectivity index is 2.25. The van der Waals surface area contributed by atoms with Gasteiger partial charge >= 0.3 is 0 Å². The van der Waals surface area contributed by atoms with E-state index in [4.69, 9.17) is 0 Å². The van der Waals surface area contributed by atoms with E-state index in [1.54, 1.807) is 0 Å². The fourth-order valence-corrected chi connectivity index (χ4v) is 2.87. The summed E-state index contributed by atoms with van der Waals surface area (Å²) in [6.45, 7) is 6.64. The summed E-state index contributed by atoms with van der Waals surface area (Å²) < 4.78 is 0. The second-order valence-corrected chi connectivity index (χ2v) is 5.42. The van der Waals surface area contributed by atoms with Gasteiger partial charge in [-0.1, -0.05) is 39.5 Å². The van der Waals surface area contributed by atoms with Crippen molar-refractivity contribution in [3.05, 3.63) is 15.6 Å². The van der Waals surface area contributed by atoms with Crippen molar-refractivity contribution >= 4 is 11.3 Å². The van der Waals surface area contributed by atoms with Gasteiger partial charge < -0.3 is 0 Å². The van der Waals surface area contributed by atoms with Crippen molar-refractivity contribution in [3.8, 4) is 0 Å². The summed E-state index contributed by atoms with van der Waals surface area (Å²) in [7, 11) is 0. The molecule has 1 aromatic rings. The van der Waals surface area contributed by atoms with Gasteiger partial charge in [-0.15, -0.1) is 11.3 Å². The van der Waals surface area contributed by atoms with E-state index in [1.165, 1.54) is 54.1 Å². The molecule has 0 saturated heterocycles. The molecule has 0 N–H and O–H groups in total. The third-order valence-corrected chi connectivity index (χ3v) is 3.84. The summed E-state index contributed by atoms with van der Waals surface area (Å²) >= 11 is 1.89. The van der Waals surface area contributed by atoms with Gasteiger partial charge in [-0.2, -0.15) is 0 Å². The predicted octanol–water partition coefficient (Wildman–Crippen LogP) is 4.53. The standard InChI is InChI=1S/C13H23NS/c1-4-6-7-8-9-10-13-14-12(5-2)11(3)15-13/h4-10H2,1-3H3. The van der Waals surface area contributed by atoms with Crippen molar-refractivity contribution in [2.45, 2.75) is 65.7 Å². The molecule has 2 heteroatoms. The molecule has 0 radical (unpaired) electrons. The summed E-state index contributed by atoms with van der Waals surface area (Å²) in [5.41, 5.74) is 1.31. The molecule has 0 unspecified atom stereocenters. The highest BCUT2D eigenvalue weighted by Gasteiger charge is 2.04. The summed E-state index contributed by atoms with van der Waals surface area (Å²) in [6.07, 6.45) is 9.06. The fourth-order valence-electron chi connectivity index (χ4n) is 1.80. The highest BCUT2D eigenvalue weighted by molar-refractivity contribution is 7.11. The molecule has 0 aromatic carbocycles. The van der Waals surface area contributed by atoms with Gasteiger partial charge in [0, 0.05) is 4.88 Å². The van der Waals surface area contributed by atoms with E-state index in [-0.39, 0.29) is 0 Å². The Kier molecular flexibility index (Phi) is 5.92. The van der Waals surface area contributed by atoms with Crippen LogP contribution in [0.4, 0.5) is 0 Å². The Morgan fingerprint density at radius 3 is 2.40 bits per heavy atom. The van der Waals surface area contributed by atoms with Crippen molar-refractivity contribution in [1.29, 1.82) is 0 Å². The molecule has 1 nitrogen and oxygen atoms in total. The van der Waals surface area contributed by atoms with Gasteiger partial charge in [-0.05, 0) is 26.2 Å². The van der Waals surface area contributed by atoms with Crippen LogP contribution in [0, 0.1) is 6.92 Å². The Labute approximate surface area is 97.9 Å². The molecule has 0 aliphatic rings. The highest BCUT2D eigenvalue weighted by Crippen LogP contribution is 2.20. The molecule has 0 amide bonds. The second-order valence-electron chi connectivity index (χ2n) is 4.13. The zero-order chi connectivity index (χ0) is 11.1. The van der Waals surface area contributed by atoms with Crippen LogP contribution in [0.2, 0.25) is 0 Å². The maximum Gasteiger partial charge on any atom is 0.0930 e. The van der Waals surface area contributed by atoms with Crippen LogP contribution in [-0.2, 0) is 12.8 Å². The van der Waals surface area contributed by atoms with Crippen LogP contribution >= 0.6 is 11.3 Å². The molecule has 15 heavy (non-hydrogen) atoms. The first-order chi connectivity index (χ1) is 7.27. The van der Waals surface area contributed by atoms with E-state index in [9.17, 15) is 0 Å². The largest absolute Gasteiger partial charge is 0.246 e. The smallest absolute Gasteiger partial charge is 0.0930 e. The molecule has 0 aliphatic carbocycles. The third-order valence-electron chi connectivity index (χ3n) is 2.77. The molecule has 0 saturated carbocycles. The summed E-state index contributed by atoms with van der Waals surface area (Å²) in [5, 5.41) is 1.35. The zero-order valence-electron chi connectivity index (χ0n) is 10.3. The van der Waals surface area contributed by atoms with Crippen molar-refractivity contribution in [1.82, 2.24) is 4.98 Å². The quantitative estimate of drug-likeness (QED) is 0.621. The summed E-state index contributed by atoms with van der Waals surface area (Å²) in [4.78, 5) is 6.08. The van der Waals surface area contributed by atoms with Gasteiger partial charge in [0.2, 0.25) is 0 Å². The lowest BCUT2D eigenvalue weighted by Crippen LogP contribution is -1.87. The van der Waals surface area contributed by atoms with Gasteiger partial charge in [0.15, 0.2) is 0 Å². The number of rotatable bonds is 7. The van der Waals surface area contributed by atoms with Crippen LogP contribution in [0.1, 0.15) is 61.5 Å². The normalized spacial score (nSPS) is 10.9. The van der Waals surface area contributed by atoms with E-state index in [2.05, 4.69) is 25.8 Å². The van der Waals surface area contributed by atoms with Gasteiger partial charge in [0.05, 0.1) is 10.7 Å². The van der Waals surface area contributed by atoms with Gasteiger partial charge in [0.1, 0.15) is 0 Å². The molecular weight excluding hydrogens is 202 g/mol. The van der Waals surface area contributed by atoms with Crippen LogP contribution in [0.15, 0.2) is 0 Å². The lowest BCUT2D eigenvalue weighted by molar-refractivity contribution is 0.631. The molecule has 1 rings (SSSR count). The molecule has 0 fully saturated rings. The van der Waals surface area contributed by atoms with Crippen LogP contribution in [0.25, 0.3) is 0 Å². The predicted molar refractivity (Wildman–Crippen MR) is 68.7 cm³/mol. The molecule has 0 spiro atoms. The number of aromatic nitrogens is 1. The highest BCUT2D eigenvalue weighted by atomic mass is 32.1. The van der Waals surface area contributed by atoms with Crippen molar-refractivity contribution in [3.63, 3.8) is 0 Å². The molecule has 0 bridgehead atoms. The molecule has 86 valence electrons. The van der Waals surface area contributed by atoms with Crippen molar-refractivity contribution in [2.75, 3.05) is 0 Å². The van der Waals surface area contributed by atoms with Crippen LogP contribution in [-0.4, -0.2) is 4.98 Å². The first-order valence-corrected chi connectivity index (χ1v) is 7.04. The monoisotopic (exact) mass is 225 g/mol. The van der Waals surface area contributed by atoms with E-state index in [0.29, 0.717) is 0 Å². The molecule has 0 atom stereocenters. The molecule has 1 heterocycles. The number of aryl methyl sites for hydroxylation is 3. The molecular formula is C13H23NS. The number of nitrogens with zero attached hydrogens (tertiary/aromatic N) is 1. The van der Waals surface area contributed by atoms with Crippen molar-refractivity contribution in [2.24, 2.45) is 0 Å². The van der Waals surface area contributed by atoms with Crippen LogP contribution < -0.4 is 0 Å². The van der Waals surface area contributed by atoms with E-state index >= 15 is 0 Å². The zero-order valence-corrected chi connectivity index (χ0v) is 11.1. The van der Waals surface area contributed by atoms with E-state index < -0.39 is 0 Å². The maximum atomic E-state index is 4.66. The SMILES string of the molecule is CCCCCCCc1nc(CC)c(C)s1. The Bertz CT molecular complexity index is 278. The number of unbranched alkanes of at least 4 members (excludes halogenated alkanes) is 4. The molecule has 1 aromatic heterocycles. The maximum absolute atomic E-state index is 4.66. The van der Waals surface area contributed by atoms with Crippen molar-refractivity contribution < 1.29 is 0 Å².